The second-order valence-corrected chi connectivity index (χ2v) is 7.90. The average molecular weight is 388 g/mol. The van der Waals surface area contributed by atoms with E-state index in [1.807, 2.05) is 36.4 Å². The third kappa shape index (κ3) is 4.54. The van der Waals surface area contributed by atoms with Gasteiger partial charge >= 0.3 is 5.51 Å². The minimum atomic E-state index is -4.86. The van der Waals surface area contributed by atoms with Crippen molar-refractivity contribution in [3.63, 3.8) is 0 Å². The van der Waals surface area contributed by atoms with Crippen LogP contribution in [0.15, 0.2) is 53.5 Å². The Kier molecular flexibility index (Phi) is 5.82. The van der Waals surface area contributed by atoms with Crippen molar-refractivity contribution in [2.75, 3.05) is 13.1 Å². The molecule has 1 aliphatic carbocycles. The van der Waals surface area contributed by atoms with Gasteiger partial charge in [-0.05, 0) is 24.8 Å². The summed E-state index contributed by atoms with van der Waals surface area (Å²) in [4.78, 5) is 0. The van der Waals surface area contributed by atoms with E-state index in [0.29, 0.717) is 25.0 Å². The Morgan fingerprint density at radius 2 is 1.96 bits per heavy atom. The first-order valence-corrected chi connectivity index (χ1v) is 9.57. The summed E-state index contributed by atoms with van der Waals surface area (Å²) in [5.41, 5.74) is -3.06. The van der Waals surface area contributed by atoms with E-state index in [9.17, 15) is 21.8 Å². The summed E-state index contributed by atoms with van der Waals surface area (Å²) in [6.07, 6.45) is 3.71. The highest BCUT2D eigenvalue weighted by atomic mass is 32.2. The maximum Gasteiger partial charge on any atom is 0.485 e. The fraction of sp³-hybridized carbons (Fsp3) is 0.444. The summed E-state index contributed by atoms with van der Waals surface area (Å²) in [5.74, 6) is -0.428. The van der Waals surface area contributed by atoms with Crippen LogP contribution in [0.1, 0.15) is 24.8 Å². The van der Waals surface area contributed by atoms with Crippen LogP contribution >= 0.6 is 0 Å². The Balaban J connectivity index is 1.81. The van der Waals surface area contributed by atoms with Gasteiger partial charge in [0.2, 0.25) is 11.0 Å². The second-order valence-electron chi connectivity index (χ2n) is 6.42. The molecule has 8 heteroatoms. The van der Waals surface area contributed by atoms with Crippen LogP contribution in [0.4, 0.5) is 17.6 Å². The fourth-order valence-corrected chi connectivity index (χ4v) is 4.11. The van der Waals surface area contributed by atoms with Crippen molar-refractivity contribution in [1.29, 1.82) is 0 Å². The third-order valence-corrected chi connectivity index (χ3v) is 5.68. The molecule has 1 fully saturated rings. The quantitative estimate of drug-likeness (QED) is 0.792. The molecule has 0 radical (unpaired) electrons. The number of nitrogens with one attached hydrogen (secondary N) is 1. The smallest absolute Gasteiger partial charge is 0.381 e. The topological polar surface area (TPSA) is 32.3 Å². The molecule has 142 valence electrons. The van der Waals surface area contributed by atoms with Gasteiger partial charge in [-0.15, -0.1) is 0 Å². The normalized spacial score (nSPS) is 22.9. The molecular formula is C18H20F4N2OS. The SMILES string of the molecule is O=S(N1CC2=C(F)CCC=C2N[C@@H](CCc2ccccc2)C1)C(F)(F)F. The maximum absolute atomic E-state index is 14.2. The van der Waals surface area contributed by atoms with Gasteiger partial charge in [0, 0.05) is 36.8 Å². The highest BCUT2D eigenvalue weighted by molar-refractivity contribution is 7.83. The van der Waals surface area contributed by atoms with Crippen molar-refractivity contribution in [3.05, 3.63) is 59.1 Å². The molecule has 1 aromatic rings. The van der Waals surface area contributed by atoms with E-state index in [1.165, 1.54) is 0 Å². The highest BCUT2D eigenvalue weighted by Gasteiger charge is 2.43. The first kappa shape index (κ1) is 19.1. The number of halogens is 4. The molecule has 1 N–H and O–H groups in total. The lowest BCUT2D eigenvalue weighted by molar-refractivity contribution is -0.0427. The number of nitrogens with zero attached hydrogens (tertiary/aromatic N) is 1. The molecule has 1 aromatic carbocycles. The van der Waals surface area contributed by atoms with Crippen molar-refractivity contribution in [2.45, 2.75) is 37.2 Å². The van der Waals surface area contributed by atoms with Gasteiger partial charge in [-0.3, -0.25) is 0 Å². The van der Waals surface area contributed by atoms with Crippen LogP contribution in [0.2, 0.25) is 0 Å². The number of fused-ring (bicyclic) bond motifs is 1. The summed E-state index contributed by atoms with van der Waals surface area (Å²) in [7, 11) is -3.17. The fourth-order valence-electron chi connectivity index (χ4n) is 3.25. The first-order chi connectivity index (χ1) is 12.3. The van der Waals surface area contributed by atoms with Gasteiger partial charge in [0.25, 0.3) is 0 Å². The standard InChI is InChI=1S/C18H20F4N2OS/c19-16-7-4-8-17-15(16)12-24(26(25)18(20,21)22)11-14(23-17)10-9-13-5-2-1-3-6-13/h1-3,5-6,8,14,23H,4,7,9-12H2/t14-,26?/m0/s1. The minimum Gasteiger partial charge on any atom is -0.381 e. The van der Waals surface area contributed by atoms with Gasteiger partial charge in [-0.25, -0.2) is 12.9 Å². The number of alkyl halides is 3. The van der Waals surface area contributed by atoms with E-state index in [4.69, 9.17) is 0 Å². The van der Waals surface area contributed by atoms with Gasteiger partial charge in [0.05, 0.1) is 0 Å². The monoisotopic (exact) mass is 388 g/mol. The molecule has 2 aliphatic rings. The number of benzene rings is 1. The van der Waals surface area contributed by atoms with E-state index in [2.05, 4.69) is 5.32 Å². The Hall–Kier alpha value is -1.67. The van der Waals surface area contributed by atoms with Gasteiger partial charge in [-0.2, -0.15) is 13.2 Å². The minimum absolute atomic E-state index is 0.0624. The van der Waals surface area contributed by atoms with Crippen LogP contribution in [0, 0.1) is 0 Å². The summed E-state index contributed by atoms with van der Waals surface area (Å²) < 4.78 is 65.9. The van der Waals surface area contributed by atoms with Crippen LogP contribution in [-0.2, 0) is 17.4 Å². The van der Waals surface area contributed by atoms with Gasteiger partial charge in [0.1, 0.15) is 5.83 Å². The van der Waals surface area contributed by atoms with Crippen molar-refractivity contribution < 1.29 is 21.8 Å². The third-order valence-electron chi connectivity index (χ3n) is 4.54. The number of hydrogen-bond donors (Lipinski definition) is 1. The number of hydrogen-bond acceptors (Lipinski definition) is 2. The molecule has 26 heavy (non-hydrogen) atoms. The molecule has 1 unspecified atom stereocenters. The molecule has 0 aromatic heterocycles. The van der Waals surface area contributed by atoms with Crippen LogP contribution in [0.25, 0.3) is 0 Å². The van der Waals surface area contributed by atoms with Crippen molar-refractivity contribution in [3.8, 4) is 0 Å². The summed E-state index contributed by atoms with van der Waals surface area (Å²) in [6.45, 7) is -0.369. The molecule has 0 spiro atoms. The van der Waals surface area contributed by atoms with E-state index in [0.717, 1.165) is 9.87 Å². The second kappa shape index (κ2) is 7.92. The van der Waals surface area contributed by atoms with Gasteiger partial charge < -0.3 is 5.32 Å². The zero-order valence-electron chi connectivity index (χ0n) is 14.1. The summed E-state index contributed by atoms with van der Waals surface area (Å²) in [5, 5.41) is 3.17. The van der Waals surface area contributed by atoms with Crippen molar-refractivity contribution in [2.24, 2.45) is 0 Å². The number of allylic oxidation sites excluding steroid dienone is 2. The average Bonchev–Trinajstić information content (AvgIpc) is 2.80. The van der Waals surface area contributed by atoms with Crippen LogP contribution in [-0.4, -0.2) is 33.2 Å². The largest absolute Gasteiger partial charge is 0.485 e. The van der Waals surface area contributed by atoms with E-state index < -0.39 is 22.3 Å². The first-order valence-electron chi connectivity index (χ1n) is 8.47. The van der Waals surface area contributed by atoms with E-state index in [1.54, 1.807) is 0 Å². The predicted molar refractivity (Wildman–Crippen MR) is 92.9 cm³/mol. The molecule has 0 bridgehead atoms. The molecule has 3 rings (SSSR count). The van der Waals surface area contributed by atoms with Gasteiger partial charge in [-0.1, -0.05) is 36.4 Å². The predicted octanol–water partition coefficient (Wildman–Crippen LogP) is 3.98. The molecule has 1 saturated heterocycles. The van der Waals surface area contributed by atoms with Gasteiger partial charge in [0.15, 0.2) is 0 Å². The Morgan fingerprint density at radius 1 is 1.23 bits per heavy atom. The Labute approximate surface area is 152 Å². The lowest BCUT2D eigenvalue weighted by Gasteiger charge is -2.24. The molecular weight excluding hydrogens is 368 g/mol. The lowest BCUT2D eigenvalue weighted by Crippen LogP contribution is -2.42. The van der Waals surface area contributed by atoms with Crippen LogP contribution in [0.3, 0.4) is 0 Å². The highest BCUT2D eigenvalue weighted by Crippen LogP contribution is 2.31. The molecule has 1 aliphatic heterocycles. The maximum atomic E-state index is 14.2. The summed E-state index contributed by atoms with van der Waals surface area (Å²) >= 11 is 0. The van der Waals surface area contributed by atoms with E-state index >= 15 is 0 Å². The van der Waals surface area contributed by atoms with Crippen molar-refractivity contribution in [1.82, 2.24) is 9.62 Å². The molecule has 3 nitrogen and oxygen atoms in total. The Bertz CT molecular complexity index is 730. The zero-order chi connectivity index (χ0) is 18.7. The molecule has 0 saturated carbocycles. The molecule has 0 amide bonds. The molecule has 1 heterocycles. The van der Waals surface area contributed by atoms with E-state index in [-0.39, 0.29) is 31.1 Å². The summed E-state index contributed by atoms with van der Waals surface area (Å²) in [6, 6.07) is 9.26. The molecule has 2 atom stereocenters. The zero-order valence-corrected chi connectivity index (χ0v) is 14.9. The number of aryl methyl sites for hydroxylation is 1. The van der Waals surface area contributed by atoms with Crippen molar-refractivity contribution >= 4 is 11.0 Å². The lowest BCUT2D eigenvalue weighted by atomic mass is 10.0. The number of rotatable bonds is 4. The Morgan fingerprint density at radius 3 is 2.65 bits per heavy atom. The van der Waals surface area contributed by atoms with Crippen LogP contribution in [0.5, 0.6) is 0 Å². The van der Waals surface area contributed by atoms with Crippen LogP contribution < -0.4 is 5.32 Å².